The van der Waals surface area contributed by atoms with Crippen LogP contribution in [0.5, 0.6) is 0 Å². The Kier molecular flexibility index (Phi) is 7.61. The molecule has 1 aromatic carbocycles. The standard InChI is InChI=1S/C21H26N6O6/c1-13(2)16(19(29)33-27-12-23-15-17(27)24-20(22)25-18(15)28)26(9-10-31-3)21(30)32-11-14-7-5-4-6-8-14/h4-8,12-13,16H,9-11H2,1-3H3,(H3,22,24,25,28)/t16-/m0/s1. The summed E-state index contributed by atoms with van der Waals surface area (Å²) < 4.78 is 11.5. The summed E-state index contributed by atoms with van der Waals surface area (Å²) in [5.74, 6) is -1.26. The lowest BCUT2D eigenvalue weighted by Crippen LogP contribution is -2.52. The number of nitrogens with one attached hydrogen (secondary N) is 1. The van der Waals surface area contributed by atoms with Gasteiger partial charge in [0.2, 0.25) is 11.6 Å². The van der Waals surface area contributed by atoms with Crippen molar-refractivity contribution in [2.45, 2.75) is 26.5 Å². The molecule has 0 saturated heterocycles. The summed E-state index contributed by atoms with van der Waals surface area (Å²) in [5.41, 5.74) is 5.75. The molecule has 3 aromatic rings. The first-order valence-electron chi connectivity index (χ1n) is 10.2. The molecule has 2 heterocycles. The number of nitrogens with zero attached hydrogens (tertiary/aromatic N) is 4. The number of benzene rings is 1. The van der Waals surface area contributed by atoms with Gasteiger partial charge in [0.05, 0.1) is 6.61 Å². The van der Waals surface area contributed by atoms with Crippen LogP contribution in [0, 0.1) is 5.92 Å². The molecule has 3 rings (SSSR count). The fourth-order valence-electron chi connectivity index (χ4n) is 3.22. The summed E-state index contributed by atoms with van der Waals surface area (Å²) >= 11 is 0. The summed E-state index contributed by atoms with van der Waals surface area (Å²) in [6.07, 6.45) is 0.440. The van der Waals surface area contributed by atoms with E-state index in [1.54, 1.807) is 13.8 Å². The van der Waals surface area contributed by atoms with Crippen molar-refractivity contribution >= 4 is 29.2 Å². The lowest BCUT2D eigenvalue weighted by atomic mass is 10.0. The minimum Gasteiger partial charge on any atom is -0.445 e. The number of nitrogen functional groups attached to an aromatic ring is 1. The number of hydrogen-bond acceptors (Lipinski definition) is 9. The van der Waals surface area contributed by atoms with Crippen LogP contribution in [0.25, 0.3) is 11.2 Å². The first-order chi connectivity index (χ1) is 15.8. The molecule has 1 atom stereocenters. The molecule has 0 aliphatic rings. The molecule has 1 amide bonds. The van der Waals surface area contributed by atoms with Gasteiger partial charge in [-0.3, -0.25) is 14.7 Å². The first-order valence-corrected chi connectivity index (χ1v) is 10.2. The molecular formula is C21H26N6O6. The van der Waals surface area contributed by atoms with E-state index in [0.29, 0.717) is 0 Å². The van der Waals surface area contributed by atoms with Crippen molar-refractivity contribution in [1.82, 2.24) is 24.6 Å². The maximum Gasteiger partial charge on any atom is 0.410 e. The number of hydrogen-bond donors (Lipinski definition) is 2. The zero-order valence-electron chi connectivity index (χ0n) is 18.6. The van der Waals surface area contributed by atoms with Gasteiger partial charge in [-0.2, -0.15) is 4.98 Å². The Morgan fingerprint density at radius 1 is 1.24 bits per heavy atom. The molecule has 0 aliphatic heterocycles. The second kappa shape index (κ2) is 10.6. The smallest absolute Gasteiger partial charge is 0.410 e. The number of aromatic nitrogens is 4. The van der Waals surface area contributed by atoms with Crippen LogP contribution in [0.4, 0.5) is 10.7 Å². The molecular weight excluding hydrogens is 432 g/mol. The maximum atomic E-state index is 13.1. The van der Waals surface area contributed by atoms with Gasteiger partial charge in [0, 0.05) is 13.7 Å². The van der Waals surface area contributed by atoms with Gasteiger partial charge in [-0.05, 0) is 11.5 Å². The van der Waals surface area contributed by atoms with Gasteiger partial charge in [-0.15, -0.1) is 4.73 Å². The van der Waals surface area contributed by atoms with E-state index in [0.717, 1.165) is 16.6 Å². The van der Waals surface area contributed by atoms with Gasteiger partial charge in [0.1, 0.15) is 19.0 Å². The third kappa shape index (κ3) is 5.66. The average molecular weight is 458 g/mol. The van der Waals surface area contributed by atoms with E-state index >= 15 is 0 Å². The molecule has 0 saturated carbocycles. The monoisotopic (exact) mass is 458 g/mol. The predicted molar refractivity (Wildman–Crippen MR) is 118 cm³/mol. The molecule has 0 bridgehead atoms. The minimum atomic E-state index is -1.01. The van der Waals surface area contributed by atoms with Crippen LogP contribution in [0.1, 0.15) is 19.4 Å². The van der Waals surface area contributed by atoms with Crippen molar-refractivity contribution in [2.75, 3.05) is 26.0 Å². The summed E-state index contributed by atoms with van der Waals surface area (Å²) in [4.78, 5) is 54.9. The Bertz CT molecular complexity index is 1160. The van der Waals surface area contributed by atoms with E-state index in [1.807, 2.05) is 30.3 Å². The second-order valence-corrected chi connectivity index (χ2v) is 7.52. The van der Waals surface area contributed by atoms with Crippen LogP contribution in [0.2, 0.25) is 0 Å². The van der Waals surface area contributed by atoms with Crippen LogP contribution in [-0.4, -0.2) is 62.9 Å². The molecule has 0 spiro atoms. The number of carbonyl (C=O) groups is 2. The number of rotatable bonds is 9. The molecule has 3 N–H and O–H groups in total. The maximum absolute atomic E-state index is 13.1. The fourth-order valence-corrected chi connectivity index (χ4v) is 3.22. The highest BCUT2D eigenvalue weighted by Gasteiger charge is 2.35. The highest BCUT2D eigenvalue weighted by molar-refractivity contribution is 5.82. The fraction of sp³-hybridized carbons (Fsp3) is 0.381. The molecule has 0 unspecified atom stereocenters. The van der Waals surface area contributed by atoms with E-state index in [4.69, 9.17) is 20.0 Å². The quantitative estimate of drug-likeness (QED) is 0.477. The topological polar surface area (TPSA) is 155 Å². The molecule has 0 aliphatic carbocycles. The predicted octanol–water partition coefficient (Wildman–Crippen LogP) is 0.967. The number of imidazole rings is 1. The van der Waals surface area contributed by atoms with Crippen molar-refractivity contribution in [3.63, 3.8) is 0 Å². The number of aromatic amines is 1. The average Bonchev–Trinajstić information content (AvgIpc) is 3.17. The van der Waals surface area contributed by atoms with Crippen LogP contribution in [-0.2, 0) is 20.9 Å². The van der Waals surface area contributed by atoms with Gasteiger partial charge in [0.15, 0.2) is 5.52 Å². The number of fused-ring (bicyclic) bond motifs is 1. The first kappa shape index (κ1) is 23.7. The molecule has 33 heavy (non-hydrogen) atoms. The summed E-state index contributed by atoms with van der Waals surface area (Å²) in [5, 5.41) is 0. The van der Waals surface area contributed by atoms with E-state index in [2.05, 4.69) is 15.0 Å². The Labute approximate surface area is 189 Å². The van der Waals surface area contributed by atoms with Crippen LogP contribution in [0.3, 0.4) is 0 Å². The van der Waals surface area contributed by atoms with Crippen LogP contribution >= 0.6 is 0 Å². The van der Waals surface area contributed by atoms with Gasteiger partial charge >= 0.3 is 12.1 Å². The highest BCUT2D eigenvalue weighted by atomic mass is 16.7. The van der Waals surface area contributed by atoms with Crippen molar-refractivity contribution in [2.24, 2.45) is 5.92 Å². The summed E-state index contributed by atoms with van der Waals surface area (Å²) in [6.45, 7) is 3.85. The second-order valence-electron chi connectivity index (χ2n) is 7.52. The SMILES string of the molecule is COCCN(C(=O)OCc1ccccc1)[C@H](C(=O)On1cnc2c(=O)[nH]c(N)nc21)C(C)C. The van der Waals surface area contributed by atoms with Crippen molar-refractivity contribution in [1.29, 1.82) is 0 Å². The van der Waals surface area contributed by atoms with Crippen molar-refractivity contribution in [3.05, 3.63) is 52.6 Å². The minimum absolute atomic E-state index is 0.0257. The number of H-pyrrole nitrogens is 1. The summed E-state index contributed by atoms with van der Waals surface area (Å²) in [7, 11) is 1.49. The molecule has 2 aromatic heterocycles. The molecule has 0 radical (unpaired) electrons. The van der Waals surface area contributed by atoms with E-state index in [1.165, 1.54) is 12.0 Å². The third-order valence-electron chi connectivity index (χ3n) is 4.77. The lowest BCUT2D eigenvalue weighted by Gasteiger charge is -2.31. The van der Waals surface area contributed by atoms with Gasteiger partial charge in [-0.1, -0.05) is 44.2 Å². The Hall–Kier alpha value is -3.93. The Morgan fingerprint density at radius 2 is 1.97 bits per heavy atom. The molecule has 12 nitrogen and oxygen atoms in total. The number of carbonyl (C=O) groups excluding carboxylic acids is 2. The van der Waals surface area contributed by atoms with E-state index < -0.39 is 23.7 Å². The number of ether oxygens (including phenoxy) is 2. The normalized spacial score (nSPS) is 12.0. The Balaban J connectivity index is 1.82. The lowest BCUT2D eigenvalue weighted by molar-refractivity contribution is -0.151. The third-order valence-corrected chi connectivity index (χ3v) is 4.77. The van der Waals surface area contributed by atoms with Crippen molar-refractivity contribution in [3.8, 4) is 0 Å². The number of methoxy groups -OCH3 is 1. The molecule has 176 valence electrons. The number of amides is 1. The van der Waals surface area contributed by atoms with Crippen LogP contribution in [0.15, 0.2) is 41.5 Å². The highest BCUT2D eigenvalue weighted by Crippen LogP contribution is 2.16. The van der Waals surface area contributed by atoms with Gasteiger partial charge < -0.3 is 20.0 Å². The van der Waals surface area contributed by atoms with Gasteiger partial charge in [-0.25, -0.2) is 14.6 Å². The zero-order valence-corrected chi connectivity index (χ0v) is 18.6. The summed E-state index contributed by atoms with van der Waals surface area (Å²) in [6, 6.07) is 8.16. The molecule has 0 fully saturated rings. The van der Waals surface area contributed by atoms with E-state index in [9.17, 15) is 14.4 Å². The largest absolute Gasteiger partial charge is 0.445 e. The van der Waals surface area contributed by atoms with Crippen LogP contribution < -0.4 is 16.1 Å². The zero-order chi connectivity index (χ0) is 24.0. The van der Waals surface area contributed by atoms with Crippen molar-refractivity contribution < 1.29 is 23.9 Å². The van der Waals surface area contributed by atoms with Gasteiger partial charge in [0.25, 0.3) is 5.56 Å². The van der Waals surface area contributed by atoms with E-state index in [-0.39, 0.29) is 42.8 Å². The number of nitrogens with two attached hydrogens (primary N) is 1. The molecule has 12 heteroatoms. The number of anilines is 1. The Morgan fingerprint density at radius 3 is 2.64 bits per heavy atom.